The Kier molecular flexibility index (Phi) is 3.43. The molecule has 0 radical (unpaired) electrons. The van der Waals surface area contributed by atoms with Crippen molar-refractivity contribution in [3.63, 3.8) is 0 Å². The number of ether oxygens (including phenoxy) is 1. The summed E-state index contributed by atoms with van der Waals surface area (Å²) in [5, 5.41) is 10.7. The summed E-state index contributed by atoms with van der Waals surface area (Å²) in [4.78, 5) is 3.91. The highest BCUT2D eigenvalue weighted by molar-refractivity contribution is 6.14. The number of halogens is 3. The van der Waals surface area contributed by atoms with Crippen LogP contribution in [0.5, 0.6) is 5.88 Å². The third kappa shape index (κ3) is 3.06. The van der Waals surface area contributed by atoms with E-state index in [1.165, 1.54) is 12.3 Å². The van der Waals surface area contributed by atoms with Gasteiger partial charge in [-0.1, -0.05) is 0 Å². The number of pyridine rings is 1. The molecule has 1 unspecified atom stereocenters. The van der Waals surface area contributed by atoms with Crippen LogP contribution in [0.3, 0.4) is 0 Å². The standard InChI is InChI=1S/C15H14F3N5O/c16-15(17,18)8-24-13-6-3-10(7-19-13)11-4-5-12-20-21-14(9-1-2-9)23(12)22-11/h3-7,9,14,21H,1-2,8H2. The number of alkyl halides is 3. The van der Waals surface area contributed by atoms with E-state index >= 15 is 0 Å². The Morgan fingerprint density at radius 1 is 1.25 bits per heavy atom. The lowest BCUT2D eigenvalue weighted by atomic mass is 10.1. The molecule has 2 aliphatic heterocycles. The highest BCUT2D eigenvalue weighted by Crippen LogP contribution is 2.36. The van der Waals surface area contributed by atoms with Crippen molar-refractivity contribution in [3.05, 3.63) is 36.0 Å². The van der Waals surface area contributed by atoms with Gasteiger partial charge in [-0.15, -0.1) is 0 Å². The molecule has 1 fully saturated rings. The summed E-state index contributed by atoms with van der Waals surface area (Å²) in [5.41, 5.74) is 4.46. The third-order valence-corrected chi connectivity index (χ3v) is 3.90. The van der Waals surface area contributed by atoms with E-state index in [1.807, 2.05) is 11.1 Å². The average Bonchev–Trinajstić information content (AvgIpc) is 3.32. The number of amidine groups is 1. The van der Waals surface area contributed by atoms with Crippen LogP contribution in [-0.4, -0.2) is 40.5 Å². The number of aromatic nitrogens is 1. The van der Waals surface area contributed by atoms with Crippen molar-refractivity contribution in [2.24, 2.45) is 16.1 Å². The molecule has 9 heteroatoms. The van der Waals surface area contributed by atoms with Gasteiger partial charge in [0, 0.05) is 23.7 Å². The summed E-state index contributed by atoms with van der Waals surface area (Å²) in [5.74, 6) is 1.23. The van der Waals surface area contributed by atoms with Gasteiger partial charge in [-0.25, -0.2) is 9.99 Å². The van der Waals surface area contributed by atoms with E-state index in [0.29, 0.717) is 17.2 Å². The predicted octanol–water partition coefficient (Wildman–Crippen LogP) is 2.25. The molecule has 24 heavy (non-hydrogen) atoms. The number of hydrazone groups is 2. The molecular weight excluding hydrogens is 323 g/mol. The Morgan fingerprint density at radius 3 is 2.75 bits per heavy atom. The van der Waals surface area contributed by atoms with Crippen molar-refractivity contribution in [2.45, 2.75) is 25.2 Å². The van der Waals surface area contributed by atoms with Gasteiger partial charge in [0.25, 0.3) is 0 Å². The zero-order valence-corrected chi connectivity index (χ0v) is 12.5. The van der Waals surface area contributed by atoms with Crippen molar-refractivity contribution in [2.75, 3.05) is 6.61 Å². The fraction of sp³-hybridized carbons (Fsp3) is 0.400. The number of rotatable bonds is 4. The van der Waals surface area contributed by atoms with Crippen LogP contribution >= 0.6 is 0 Å². The first-order valence-electron chi connectivity index (χ1n) is 7.55. The van der Waals surface area contributed by atoms with Crippen LogP contribution in [-0.2, 0) is 0 Å². The first-order valence-corrected chi connectivity index (χ1v) is 7.55. The molecular formula is C15H14F3N5O. The fourth-order valence-corrected chi connectivity index (χ4v) is 2.55. The maximum Gasteiger partial charge on any atom is 0.422 e. The molecule has 3 aliphatic rings. The van der Waals surface area contributed by atoms with Crippen molar-refractivity contribution in [1.29, 1.82) is 0 Å². The summed E-state index contributed by atoms with van der Waals surface area (Å²) in [6.45, 7) is -1.36. The SMILES string of the molecule is FC(F)(F)COc1ccc(C2=NN3C(=NNC3C3CC3)C=C2)cn1. The van der Waals surface area contributed by atoms with E-state index in [0.717, 1.165) is 18.7 Å². The lowest BCUT2D eigenvalue weighted by Gasteiger charge is -2.24. The van der Waals surface area contributed by atoms with E-state index in [-0.39, 0.29) is 12.0 Å². The monoisotopic (exact) mass is 337 g/mol. The second kappa shape index (κ2) is 5.50. The van der Waals surface area contributed by atoms with Gasteiger partial charge in [0.2, 0.25) is 5.88 Å². The first-order chi connectivity index (χ1) is 11.5. The molecule has 1 atom stereocenters. The molecule has 1 aromatic heterocycles. The van der Waals surface area contributed by atoms with Gasteiger partial charge < -0.3 is 4.74 Å². The normalized spacial score (nSPS) is 22.6. The quantitative estimate of drug-likeness (QED) is 0.915. The van der Waals surface area contributed by atoms with E-state index in [1.54, 1.807) is 12.1 Å². The highest BCUT2D eigenvalue weighted by Gasteiger charge is 2.40. The molecule has 0 amide bonds. The highest BCUT2D eigenvalue weighted by atomic mass is 19.4. The third-order valence-electron chi connectivity index (χ3n) is 3.90. The lowest BCUT2D eigenvalue weighted by molar-refractivity contribution is -0.154. The molecule has 1 N–H and O–H groups in total. The van der Waals surface area contributed by atoms with Crippen molar-refractivity contribution < 1.29 is 17.9 Å². The van der Waals surface area contributed by atoms with E-state index in [2.05, 4.69) is 25.3 Å². The zero-order chi connectivity index (χ0) is 16.7. The van der Waals surface area contributed by atoms with Crippen LogP contribution < -0.4 is 10.2 Å². The molecule has 0 aromatic carbocycles. The molecule has 1 saturated carbocycles. The van der Waals surface area contributed by atoms with Crippen LogP contribution in [0.25, 0.3) is 0 Å². The van der Waals surface area contributed by atoms with Crippen LogP contribution in [0.15, 0.2) is 40.7 Å². The summed E-state index contributed by atoms with van der Waals surface area (Å²) < 4.78 is 41.0. The molecule has 1 aromatic rings. The van der Waals surface area contributed by atoms with Gasteiger partial charge in [-0.2, -0.15) is 23.4 Å². The molecule has 3 heterocycles. The Bertz CT molecular complexity index is 722. The number of hydrogen-bond acceptors (Lipinski definition) is 6. The molecule has 0 saturated heterocycles. The molecule has 0 spiro atoms. The minimum absolute atomic E-state index is 0.0716. The van der Waals surface area contributed by atoms with Crippen LogP contribution in [0.4, 0.5) is 13.2 Å². The minimum Gasteiger partial charge on any atom is -0.468 e. The topological polar surface area (TPSA) is 62.1 Å². The van der Waals surface area contributed by atoms with Crippen LogP contribution in [0.2, 0.25) is 0 Å². The summed E-state index contributed by atoms with van der Waals surface area (Å²) in [7, 11) is 0. The number of nitrogens with one attached hydrogen (secondary N) is 1. The van der Waals surface area contributed by atoms with Crippen molar-refractivity contribution in [1.82, 2.24) is 15.4 Å². The van der Waals surface area contributed by atoms with Gasteiger partial charge in [0.1, 0.15) is 6.17 Å². The number of allylic oxidation sites excluding steroid dienone is 1. The van der Waals surface area contributed by atoms with E-state index in [4.69, 9.17) is 0 Å². The summed E-state index contributed by atoms with van der Waals surface area (Å²) in [6, 6.07) is 3.04. The second-order valence-corrected chi connectivity index (χ2v) is 5.83. The molecule has 4 rings (SSSR count). The van der Waals surface area contributed by atoms with Gasteiger partial charge in [0.05, 0.1) is 5.71 Å². The van der Waals surface area contributed by atoms with Crippen molar-refractivity contribution >= 4 is 11.5 Å². The van der Waals surface area contributed by atoms with Gasteiger partial charge in [0.15, 0.2) is 12.4 Å². The van der Waals surface area contributed by atoms with E-state index in [9.17, 15) is 13.2 Å². The zero-order valence-electron chi connectivity index (χ0n) is 12.5. The second-order valence-electron chi connectivity index (χ2n) is 5.83. The predicted molar refractivity (Wildman–Crippen MR) is 80.4 cm³/mol. The largest absolute Gasteiger partial charge is 0.468 e. The average molecular weight is 337 g/mol. The molecule has 1 aliphatic carbocycles. The van der Waals surface area contributed by atoms with Crippen LogP contribution in [0.1, 0.15) is 18.4 Å². The minimum atomic E-state index is -4.38. The number of fused-ring (bicyclic) bond motifs is 1. The number of nitrogens with zero attached hydrogens (tertiary/aromatic N) is 4. The molecule has 6 nitrogen and oxygen atoms in total. The lowest BCUT2D eigenvalue weighted by Crippen LogP contribution is -2.39. The summed E-state index contributed by atoms with van der Waals surface area (Å²) in [6.07, 6.45) is 3.10. The van der Waals surface area contributed by atoms with Crippen molar-refractivity contribution in [3.8, 4) is 5.88 Å². The van der Waals surface area contributed by atoms with Gasteiger partial charge in [-0.05, 0) is 31.1 Å². The first kappa shape index (κ1) is 15.0. The maximum absolute atomic E-state index is 12.1. The number of hydrogen-bond donors (Lipinski definition) is 1. The Labute approximate surface area is 135 Å². The Morgan fingerprint density at radius 2 is 2.08 bits per heavy atom. The fourth-order valence-electron chi connectivity index (χ4n) is 2.55. The smallest absolute Gasteiger partial charge is 0.422 e. The Hall–Kier alpha value is -2.58. The molecule has 0 bridgehead atoms. The van der Waals surface area contributed by atoms with E-state index < -0.39 is 12.8 Å². The Balaban J connectivity index is 1.48. The molecule has 126 valence electrons. The summed E-state index contributed by atoms with van der Waals surface area (Å²) >= 11 is 0. The van der Waals surface area contributed by atoms with Crippen LogP contribution in [0, 0.1) is 5.92 Å². The maximum atomic E-state index is 12.1. The van der Waals surface area contributed by atoms with Gasteiger partial charge in [-0.3, -0.25) is 5.43 Å². The van der Waals surface area contributed by atoms with Gasteiger partial charge >= 0.3 is 6.18 Å².